The summed E-state index contributed by atoms with van der Waals surface area (Å²) in [7, 11) is 0. The first-order valence-electron chi connectivity index (χ1n) is 11.9. The lowest BCUT2D eigenvalue weighted by atomic mass is 9.77. The molecule has 5 rings (SSSR count). The number of Topliss-reactive ketones (excluding diaryl/α,β-unsaturated/α-hetero) is 1. The number of pyridine rings is 1. The zero-order valence-electron chi connectivity index (χ0n) is 19.2. The third-order valence-corrected chi connectivity index (χ3v) is 6.60. The second-order valence-electron chi connectivity index (χ2n) is 8.98. The molecule has 2 atom stereocenters. The van der Waals surface area contributed by atoms with Gasteiger partial charge in [0.2, 0.25) is 17.4 Å². The number of ketones is 1. The molecule has 4 aromatic rings. The van der Waals surface area contributed by atoms with Gasteiger partial charge in [-0.3, -0.25) is 14.9 Å². The lowest BCUT2D eigenvalue weighted by Crippen LogP contribution is -2.24. The summed E-state index contributed by atoms with van der Waals surface area (Å²) in [6, 6.07) is 11.8. The van der Waals surface area contributed by atoms with Crippen molar-refractivity contribution in [3.05, 3.63) is 59.9 Å². The second-order valence-corrected chi connectivity index (χ2v) is 8.98. The Kier molecular flexibility index (Phi) is 6.51. The minimum absolute atomic E-state index is 0.0469. The van der Waals surface area contributed by atoms with Gasteiger partial charge < -0.3 is 0 Å². The molecule has 1 aliphatic carbocycles. The van der Waals surface area contributed by atoms with E-state index in [1.165, 1.54) is 19.3 Å². The van der Waals surface area contributed by atoms with E-state index in [0.717, 1.165) is 41.6 Å². The maximum absolute atomic E-state index is 13.0. The zero-order valence-corrected chi connectivity index (χ0v) is 19.2. The van der Waals surface area contributed by atoms with Crippen LogP contribution in [0.4, 0.5) is 0 Å². The topological polar surface area (TPSA) is 126 Å². The largest absolute Gasteiger partial charge is 0.290 e. The molecule has 34 heavy (non-hydrogen) atoms. The Labute approximate surface area is 197 Å². The van der Waals surface area contributed by atoms with E-state index >= 15 is 0 Å². The summed E-state index contributed by atoms with van der Waals surface area (Å²) in [5, 5.41) is 21.5. The maximum Gasteiger partial charge on any atom is 0.217 e. The van der Waals surface area contributed by atoms with Crippen molar-refractivity contribution in [1.29, 1.82) is 0 Å². The van der Waals surface area contributed by atoms with Crippen molar-refractivity contribution in [3.63, 3.8) is 0 Å². The summed E-state index contributed by atoms with van der Waals surface area (Å²) in [4.78, 5) is 22.1. The highest BCUT2D eigenvalue weighted by molar-refractivity contribution is 5.94. The van der Waals surface area contributed by atoms with Crippen molar-refractivity contribution in [2.24, 2.45) is 11.8 Å². The highest BCUT2D eigenvalue weighted by atomic mass is 16.1. The van der Waals surface area contributed by atoms with Gasteiger partial charge in [0.05, 0.1) is 0 Å². The lowest BCUT2D eigenvalue weighted by molar-refractivity contribution is 0.0849. The van der Waals surface area contributed by atoms with E-state index in [1.807, 2.05) is 42.6 Å². The molecule has 0 bridgehead atoms. The third kappa shape index (κ3) is 4.78. The number of carbonyl (C=O) groups excluding carboxylic acids is 1. The van der Waals surface area contributed by atoms with Crippen molar-refractivity contribution in [1.82, 2.24) is 40.8 Å². The normalized spacial score (nSPS) is 18.1. The number of nitrogens with zero attached hydrogens (tertiary/aromatic N) is 6. The van der Waals surface area contributed by atoms with Gasteiger partial charge in [0, 0.05) is 35.4 Å². The number of hydrogen-bond acceptors (Lipinski definition) is 7. The molecule has 2 unspecified atom stereocenters. The van der Waals surface area contributed by atoms with Crippen LogP contribution in [0.1, 0.15) is 67.6 Å². The molecule has 2 N–H and O–H groups in total. The van der Waals surface area contributed by atoms with Gasteiger partial charge in [-0.15, -0.1) is 10.2 Å². The Bertz CT molecular complexity index is 1230. The molecule has 1 saturated carbocycles. The molecule has 3 heterocycles. The average Bonchev–Trinajstić information content (AvgIpc) is 3.57. The number of benzene rings is 1. The number of aromatic nitrogens is 8. The highest BCUT2D eigenvalue weighted by Crippen LogP contribution is 2.33. The Balaban J connectivity index is 1.27. The van der Waals surface area contributed by atoms with Crippen molar-refractivity contribution >= 4 is 5.78 Å². The van der Waals surface area contributed by atoms with Crippen molar-refractivity contribution in [2.75, 3.05) is 0 Å². The first kappa shape index (κ1) is 22.1. The number of nitrogens with one attached hydrogen (secondary N) is 2. The Hall–Kier alpha value is -3.75. The first-order chi connectivity index (χ1) is 16.7. The molecule has 0 amide bonds. The van der Waals surface area contributed by atoms with Crippen LogP contribution in [0.25, 0.3) is 22.5 Å². The van der Waals surface area contributed by atoms with Gasteiger partial charge in [0.1, 0.15) is 5.82 Å². The highest BCUT2D eigenvalue weighted by Gasteiger charge is 2.29. The Morgan fingerprint density at radius 3 is 2.74 bits per heavy atom. The average molecular weight is 457 g/mol. The molecule has 1 aliphatic rings. The van der Waals surface area contributed by atoms with Crippen LogP contribution in [0, 0.1) is 11.8 Å². The van der Waals surface area contributed by atoms with E-state index in [0.29, 0.717) is 29.8 Å². The number of rotatable bonds is 8. The van der Waals surface area contributed by atoms with E-state index in [9.17, 15) is 4.79 Å². The van der Waals surface area contributed by atoms with Crippen LogP contribution in [0.15, 0.2) is 42.6 Å². The van der Waals surface area contributed by atoms with Gasteiger partial charge in [-0.2, -0.15) is 10.3 Å². The monoisotopic (exact) mass is 456 g/mol. The molecule has 174 valence electrons. The number of aromatic amines is 2. The molecule has 0 aliphatic heterocycles. The van der Waals surface area contributed by atoms with Crippen LogP contribution in [0.2, 0.25) is 0 Å². The van der Waals surface area contributed by atoms with Gasteiger partial charge >= 0.3 is 0 Å². The first-order valence-corrected chi connectivity index (χ1v) is 11.9. The van der Waals surface area contributed by atoms with Crippen molar-refractivity contribution < 1.29 is 4.79 Å². The van der Waals surface area contributed by atoms with Crippen LogP contribution in [0.5, 0.6) is 0 Å². The molecule has 9 heteroatoms. The van der Waals surface area contributed by atoms with Gasteiger partial charge in [0.25, 0.3) is 0 Å². The predicted octanol–water partition coefficient (Wildman–Crippen LogP) is 4.43. The fourth-order valence-corrected chi connectivity index (χ4v) is 4.93. The van der Waals surface area contributed by atoms with Gasteiger partial charge in [0.15, 0.2) is 0 Å². The van der Waals surface area contributed by atoms with Crippen LogP contribution in [0.3, 0.4) is 0 Å². The minimum atomic E-state index is 0.0469. The molecule has 1 fully saturated rings. The maximum atomic E-state index is 13.0. The predicted molar refractivity (Wildman–Crippen MR) is 127 cm³/mol. The van der Waals surface area contributed by atoms with E-state index in [-0.39, 0.29) is 11.7 Å². The van der Waals surface area contributed by atoms with Gasteiger partial charge in [-0.1, -0.05) is 62.9 Å². The molecular formula is C25H28N8O. The quantitative estimate of drug-likeness (QED) is 0.376. The van der Waals surface area contributed by atoms with Gasteiger partial charge in [-0.25, -0.2) is 4.98 Å². The van der Waals surface area contributed by atoms with E-state index in [1.54, 1.807) is 0 Å². The number of carbonyl (C=O) groups is 1. The summed E-state index contributed by atoms with van der Waals surface area (Å²) in [5.41, 5.74) is 3.66. The molecule has 3 aromatic heterocycles. The minimum Gasteiger partial charge on any atom is -0.290 e. The number of H-pyrrole nitrogens is 2. The third-order valence-electron chi connectivity index (χ3n) is 6.60. The van der Waals surface area contributed by atoms with Crippen LogP contribution < -0.4 is 0 Å². The van der Waals surface area contributed by atoms with E-state index in [4.69, 9.17) is 0 Å². The molecule has 0 spiro atoms. The van der Waals surface area contributed by atoms with Crippen molar-refractivity contribution in [2.45, 2.75) is 51.9 Å². The fraction of sp³-hybridized carbons (Fsp3) is 0.400. The Morgan fingerprint density at radius 2 is 1.97 bits per heavy atom. The smallest absolute Gasteiger partial charge is 0.217 e. The lowest BCUT2D eigenvalue weighted by Gasteiger charge is -2.27. The molecule has 1 aromatic carbocycles. The molecule has 0 radical (unpaired) electrons. The summed E-state index contributed by atoms with van der Waals surface area (Å²) in [6.45, 7) is 2.21. The van der Waals surface area contributed by atoms with Crippen LogP contribution in [-0.4, -0.2) is 46.6 Å². The van der Waals surface area contributed by atoms with E-state index < -0.39 is 0 Å². The number of hydrogen-bond donors (Lipinski definition) is 2. The number of tetrazole rings is 1. The zero-order chi connectivity index (χ0) is 23.3. The second kappa shape index (κ2) is 10.0. The SMILES string of the molecule is CCCC1CCCC(C(=O)c2n[nH]c(Cc3ccc(-c4ccccc4-c4nn[nH]n4)cn3)n2)C1. The fourth-order valence-electron chi connectivity index (χ4n) is 4.93. The van der Waals surface area contributed by atoms with Crippen LogP contribution >= 0.6 is 0 Å². The standard InChI is InChI=1S/C25H28N8O/c1-2-6-16-7-5-8-17(13-16)23(34)25-27-22(28-29-25)14-19-12-11-18(15-26-19)20-9-3-4-10-21(20)24-30-32-33-31-24/h3-4,9-12,15-17H,2,5-8,13-14H2,1H3,(H,27,28,29)(H,30,31,32,33). The summed E-state index contributed by atoms with van der Waals surface area (Å²) < 4.78 is 0. The molecule has 9 nitrogen and oxygen atoms in total. The molecule has 0 saturated heterocycles. The summed E-state index contributed by atoms with van der Waals surface area (Å²) in [5.74, 6) is 2.27. The van der Waals surface area contributed by atoms with Gasteiger partial charge in [-0.05, 0) is 35.6 Å². The van der Waals surface area contributed by atoms with E-state index in [2.05, 4.69) is 47.7 Å². The summed E-state index contributed by atoms with van der Waals surface area (Å²) >= 11 is 0. The Morgan fingerprint density at radius 1 is 1.09 bits per heavy atom. The van der Waals surface area contributed by atoms with Crippen molar-refractivity contribution in [3.8, 4) is 22.5 Å². The summed E-state index contributed by atoms with van der Waals surface area (Å²) in [6.07, 6.45) is 8.93. The van der Waals surface area contributed by atoms with Crippen LogP contribution in [-0.2, 0) is 6.42 Å². The molecular weight excluding hydrogens is 428 g/mol.